The van der Waals surface area contributed by atoms with E-state index in [1.807, 2.05) is 34.6 Å². The van der Waals surface area contributed by atoms with Gasteiger partial charge in [0.25, 0.3) is 5.92 Å². The fraction of sp³-hybridized carbons (Fsp3) is 0.902. The number of nitrogens with zero attached hydrogens (tertiary/aromatic N) is 1. The summed E-state index contributed by atoms with van der Waals surface area (Å²) in [6, 6.07) is 0. The molecular formula is C51H90F2N4O6. The summed E-state index contributed by atoms with van der Waals surface area (Å²) in [5, 5.41) is 7.82. The number of alkyl carbamates (subject to hydrolysis) is 2. The van der Waals surface area contributed by atoms with E-state index in [0.717, 1.165) is 55.3 Å². The van der Waals surface area contributed by atoms with Gasteiger partial charge in [-0.25, -0.2) is 23.2 Å². The number of ether oxygens (including phenoxy) is 3. The van der Waals surface area contributed by atoms with Crippen LogP contribution in [0.1, 0.15) is 180 Å². The lowest BCUT2D eigenvalue weighted by molar-refractivity contribution is -0.0538. The zero-order chi connectivity index (χ0) is 47.0. The average molecular weight is 893 g/mol. The van der Waals surface area contributed by atoms with E-state index in [1.165, 1.54) is 56.9 Å². The molecule has 8 unspecified atom stereocenters. The van der Waals surface area contributed by atoms with Gasteiger partial charge in [-0.2, -0.15) is 0 Å². The summed E-state index contributed by atoms with van der Waals surface area (Å²) < 4.78 is 45.9. The van der Waals surface area contributed by atoms with Gasteiger partial charge in [0.05, 0.1) is 13.1 Å². The minimum absolute atomic E-state index is 0.140. The molecule has 8 atom stereocenters. The lowest BCUT2D eigenvalue weighted by Gasteiger charge is -2.58. The highest BCUT2D eigenvalue weighted by Crippen LogP contribution is 2.67. The van der Waals surface area contributed by atoms with Gasteiger partial charge in [0.15, 0.2) is 0 Å². The number of fused-ring (bicyclic) bond motifs is 5. The molecule has 3 fully saturated rings. The Morgan fingerprint density at radius 1 is 0.841 bits per heavy atom. The van der Waals surface area contributed by atoms with Crippen LogP contribution in [0.3, 0.4) is 0 Å². The van der Waals surface area contributed by atoms with Crippen LogP contribution in [-0.4, -0.2) is 85.7 Å². The van der Waals surface area contributed by atoms with Crippen LogP contribution in [0, 0.1) is 51.8 Å². The van der Waals surface area contributed by atoms with E-state index in [4.69, 9.17) is 14.2 Å². The predicted molar refractivity (Wildman–Crippen MR) is 249 cm³/mol. The molecule has 4 aliphatic rings. The van der Waals surface area contributed by atoms with E-state index in [1.54, 1.807) is 25.7 Å². The molecule has 0 bridgehead atoms. The number of hydrogen-bond donors (Lipinski definition) is 3. The molecule has 3 amide bonds. The molecule has 12 heteroatoms. The van der Waals surface area contributed by atoms with Crippen molar-refractivity contribution in [2.75, 3.05) is 39.3 Å². The Kier molecular flexibility index (Phi) is 18.3. The molecule has 10 nitrogen and oxygen atoms in total. The Hall–Kier alpha value is -2.63. The Labute approximate surface area is 381 Å². The molecular weight excluding hydrogens is 803 g/mol. The maximum Gasteiger partial charge on any atom is 0.410 e. The molecule has 0 spiro atoms. The summed E-state index contributed by atoms with van der Waals surface area (Å²) in [7, 11) is 0. The van der Waals surface area contributed by atoms with Crippen molar-refractivity contribution in [2.24, 2.45) is 51.8 Å². The van der Waals surface area contributed by atoms with Crippen molar-refractivity contribution >= 4 is 18.3 Å². The lowest BCUT2D eigenvalue weighted by atomic mass is 9.47. The van der Waals surface area contributed by atoms with Crippen LogP contribution in [0.5, 0.6) is 0 Å². The van der Waals surface area contributed by atoms with Crippen molar-refractivity contribution in [1.82, 2.24) is 20.9 Å². The van der Waals surface area contributed by atoms with Crippen LogP contribution in [0.2, 0.25) is 0 Å². The fourth-order valence-corrected chi connectivity index (χ4v) is 12.0. The molecule has 3 saturated carbocycles. The van der Waals surface area contributed by atoms with E-state index >= 15 is 0 Å². The number of hydrogen-bond acceptors (Lipinski definition) is 7. The number of unbranched alkanes of at least 4 members (excludes halogenated alkanes) is 1. The highest BCUT2D eigenvalue weighted by Gasteiger charge is 2.58. The number of amides is 3. The van der Waals surface area contributed by atoms with Crippen LogP contribution < -0.4 is 16.0 Å². The van der Waals surface area contributed by atoms with Crippen LogP contribution in [0.15, 0.2) is 11.6 Å². The highest BCUT2D eigenvalue weighted by atomic mass is 19.3. The number of carbonyl (C=O) groups is 3. The van der Waals surface area contributed by atoms with Gasteiger partial charge in [0, 0.05) is 26.1 Å². The average Bonchev–Trinajstić information content (AvgIpc) is 3.50. The van der Waals surface area contributed by atoms with Crippen LogP contribution in [0.4, 0.5) is 23.2 Å². The van der Waals surface area contributed by atoms with Crippen molar-refractivity contribution in [2.45, 2.75) is 203 Å². The van der Waals surface area contributed by atoms with Crippen LogP contribution >= 0.6 is 0 Å². The topological polar surface area (TPSA) is 118 Å². The summed E-state index contributed by atoms with van der Waals surface area (Å²) >= 11 is 0. The summed E-state index contributed by atoms with van der Waals surface area (Å²) in [6.07, 6.45) is 16.2. The normalized spacial score (nSPS) is 27.9. The highest BCUT2D eigenvalue weighted by molar-refractivity contribution is 5.69. The van der Waals surface area contributed by atoms with Crippen molar-refractivity contribution in [1.29, 1.82) is 0 Å². The maximum atomic E-state index is 14.5. The molecule has 0 aliphatic heterocycles. The van der Waals surface area contributed by atoms with Gasteiger partial charge in [-0.3, -0.25) is 0 Å². The zero-order valence-corrected chi connectivity index (χ0v) is 41.9. The number of alkyl halides is 2. The summed E-state index contributed by atoms with van der Waals surface area (Å²) in [6.45, 7) is 26.6. The number of rotatable bonds is 20. The molecule has 3 N–H and O–H groups in total. The quantitative estimate of drug-likeness (QED) is 0.0633. The summed E-state index contributed by atoms with van der Waals surface area (Å²) in [4.78, 5) is 40.2. The van der Waals surface area contributed by atoms with Gasteiger partial charge in [-0.1, -0.05) is 79.4 Å². The number of halogens is 2. The number of nitrogens with one attached hydrogen (secondary N) is 3. The SMILES string of the molecule is CCC(CCCC1CCC2C3CC=C4CC(OC(=O)N(CCCCNCC(F)(F)CNC(=O)OC(C)(C)C)CC(C)(C)CNC(=O)OC(C)(C)C)CCC4(C)C3CCC12C)C(C)C. The summed E-state index contributed by atoms with van der Waals surface area (Å²) in [5.74, 6) is 1.52. The second kappa shape index (κ2) is 21.8. The van der Waals surface area contributed by atoms with Gasteiger partial charge >= 0.3 is 18.3 Å². The van der Waals surface area contributed by atoms with E-state index in [-0.39, 0.29) is 24.2 Å². The van der Waals surface area contributed by atoms with E-state index in [0.29, 0.717) is 43.8 Å². The van der Waals surface area contributed by atoms with Crippen LogP contribution in [0.25, 0.3) is 0 Å². The van der Waals surface area contributed by atoms with Gasteiger partial charge in [0.1, 0.15) is 17.3 Å². The van der Waals surface area contributed by atoms with Crippen molar-refractivity contribution in [3.63, 3.8) is 0 Å². The molecule has 4 rings (SSSR count). The number of allylic oxidation sites excluding steroid dienone is 1. The van der Waals surface area contributed by atoms with E-state index < -0.39 is 47.8 Å². The van der Waals surface area contributed by atoms with Gasteiger partial charge < -0.3 is 35.1 Å². The van der Waals surface area contributed by atoms with Crippen molar-refractivity contribution in [3.8, 4) is 0 Å². The molecule has 0 heterocycles. The van der Waals surface area contributed by atoms with Crippen molar-refractivity contribution < 1.29 is 37.4 Å². The lowest BCUT2D eigenvalue weighted by Crippen LogP contribution is -2.51. The monoisotopic (exact) mass is 893 g/mol. The summed E-state index contributed by atoms with van der Waals surface area (Å²) in [5.41, 5.74) is 0.147. The second-order valence-corrected chi connectivity index (χ2v) is 23.7. The molecule has 0 aromatic rings. The molecule has 4 aliphatic carbocycles. The van der Waals surface area contributed by atoms with Gasteiger partial charge in [0.2, 0.25) is 0 Å². The third-order valence-corrected chi connectivity index (χ3v) is 15.4. The smallest absolute Gasteiger partial charge is 0.410 e. The first-order valence-corrected chi connectivity index (χ1v) is 24.8. The van der Waals surface area contributed by atoms with Gasteiger partial charge in [-0.05, 0) is 164 Å². The standard InChI is InChI=1S/C51H90F2N4O6/c1-14-36(35(2)3)18-17-19-37-21-23-41-40-22-20-38-30-39(24-26-50(38,13)42(40)25-27-49(37,41)12)61-45(60)57(34-48(10,11)31-55-43(58)62-46(4,5)6)29-16-15-28-54-32-51(52,53)33-56-44(59)63-47(7,8)9/h20,35-37,39-42,54H,14-19,21-34H2,1-13H3,(H,55,58)(H,56,59). The Balaban J connectivity index is 1.34. The molecule has 0 aromatic heterocycles. The maximum absolute atomic E-state index is 14.5. The first-order valence-electron chi connectivity index (χ1n) is 24.8. The minimum Gasteiger partial charge on any atom is -0.446 e. The predicted octanol–water partition coefficient (Wildman–Crippen LogP) is 12.3. The van der Waals surface area contributed by atoms with Crippen LogP contribution in [-0.2, 0) is 14.2 Å². The molecule has 63 heavy (non-hydrogen) atoms. The van der Waals surface area contributed by atoms with Gasteiger partial charge in [-0.15, -0.1) is 0 Å². The largest absolute Gasteiger partial charge is 0.446 e. The molecule has 364 valence electrons. The van der Waals surface area contributed by atoms with E-state index in [9.17, 15) is 23.2 Å². The third kappa shape index (κ3) is 15.5. The Bertz CT molecular complexity index is 1540. The first-order chi connectivity index (χ1) is 29.2. The van der Waals surface area contributed by atoms with Crippen molar-refractivity contribution in [3.05, 3.63) is 11.6 Å². The molecule has 0 aromatic carbocycles. The molecule has 0 saturated heterocycles. The number of carbonyl (C=O) groups excluding carboxylic acids is 3. The third-order valence-electron chi connectivity index (χ3n) is 15.4. The van der Waals surface area contributed by atoms with E-state index in [2.05, 4.69) is 56.6 Å². The first kappa shape index (κ1) is 53.0. The fourth-order valence-electron chi connectivity index (χ4n) is 12.0. The Morgan fingerprint density at radius 2 is 1.49 bits per heavy atom. The minimum atomic E-state index is -3.16. The zero-order valence-electron chi connectivity index (χ0n) is 41.9. The second-order valence-electron chi connectivity index (χ2n) is 23.7. The Morgan fingerprint density at radius 3 is 2.11 bits per heavy atom. The molecule has 0 radical (unpaired) electrons.